The molecular weight excluding hydrogens is 414 g/mol. The van der Waals surface area contributed by atoms with Crippen LogP contribution in [0.15, 0.2) is 67.3 Å². The number of hydrogen-bond donors (Lipinski definition) is 1. The van der Waals surface area contributed by atoms with Crippen molar-refractivity contribution in [1.29, 1.82) is 0 Å². The Morgan fingerprint density at radius 3 is 2.39 bits per heavy atom. The summed E-state index contributed by atoms with van der Waals surface area (Å²) in [5.41, 5.74) is 3.73. The van der Waals surface area contributed by atoms with E-state index in [0.29, 0.717) is 25.2 Å². The number of piperazine rings is 1. The highest BCUT2D eigenvalue weighted by atomic mass is 16.2. The average molecular weight is 440 g/mol. The second kappa shape index (κ2) is 9.20. The molecule has 33 heavy (non-hydrogen) atoms. The van der Waals surface area contributed by atoms with Crippen molar-refractivity contribution in [2.75, 3.05) is 36.4 Å². The van der Waals surface area contributed by atoms with Gasteiger partial charge in [-0.1, -0.05) is 24.3 Å². The summed E-state index contributed by atoms with van der Waals surface area (Å²) in [4.78, 5) is 34.4. The molecule has 8 heteroatoms. The van der Waals surface area contributed by atoms with Gasteiger partial charge in [-0.3, -0.25) is 4.79 Å². The van der Waals surface area contributed by atoms with Gasteiger partial charge in [-0.25, -0.2) is 19.9 Å². The van der Waals surface area contributed by atoms with Crippen LogP contribution in [0.1, 0.15) is 21.5 Å². The summed E-state index contributed by atoms with van der Waals surface area (Å²) >= 11 is 0. The van der Waals surface area contributed by atoms with Crippen molar-refractivity contribution in [2.45, 2.75) is 13.5 Å². The molecule has 1 saturated heterocycles. The van der Waals surface area contributed by atoms with E-state index in [1.54, 1.807) is 6.33 Å². The van der Waals surface area contributed by atoms with Gasteiger partial charge in [0.2, 0.25) is 5.95 Å². The third-order valence-corrected chi connectivity index (χ3v) is 5.82. The largest absolute Gasteiger partial charge is 0.365 e. The zero-order valence-corrected chi connectivity index (χ0v) is 18.5. The van der Waals surface area contributed by atoms with Crippen LogP contribution in [0.2, 0.25) is 0 Å². The summed E-state index contributed by atoms with van der Waals surface area (Å²) in [6.07, 6.45) is 5.21. The molecular formula is C25H25N7O. The Kier molecular flexibility index (Phi) is 5.80. The van der Waals surface area contributed by atoms with Crippen molar-refractivity contribution in [3.05, 3.63) is 83.9 Å². The Morgan fingerprint density at radius 2 is 1.64 bits per heavy atom. The molecule has 3 heterocycles. The van der Waals surface area contributed by atoms with Gasteiger partial charge >= 0.3 is 0 Å². The number of carbonyl (C=O) groups excluding carboxylic acids is 1. The van der Waals surface area contributed by atoms with Crippen LogP contribution in [0.5, 0.6) is 0 Å². The molecule has 166 valence electrons. The minimum Gasteiger partial charge on any atom is -0.365 e. The Hall–Kier alpha value is -4.07. The molecule has 4 aromatic rings. The molecule has 0 bridgehead atoms. The molecule has 1 N–H and O–H groups in total. The average Bonchev–Trinajstić information content (AvgIpc) is 2.88. The van der Waals surface area contributed by atoms with Crippen molar-refractivity contribution in [3.8, 4) is 0 Å². The Morgan fingerprint density at radius 1 is 0.909 bits per heavy atom. The van der Waals surface area contributed by atoms with E-state index in [1.807, 2.05) is 72.7 Å². The number of fused-ring (bicyclic) bond motifs is 1. The molecule has 0 saturated carbocycles. The number of nitrogens with one attached hydrogen (secondary N) is 1. The van der Waals surface area contributed by atoms with E-state index in [0.717, 1.165) is 46.9 Å². The van der Waals surface area contributed by atoms with Gasteiger partial charge < -0.3 is 15.1 Å². The molecule has 2 aromatic heterocycles. The van der Waals surface area contributed by atoms with Gasteiger partial charge in [0.25, 0.3) is 5.91 Å². The Labute approximate surface area is 192 Å². The van der Waals surface area contributed by atoms with Gasteiger partial charge in [-0.2, -0.15) is 0 Å². The van der Waals surface area contributed by atoms with E-state index in [9.17, 15) is 4.79 Å². The van der Waals surface area contributed by atoms with E-state index >= 15 is 0 Å². The normalized spacial score (nSPS) is 13.8. The first-order valence-electron chi connectivity index (χ1n) is 11.0. The minimum atomic E-state index is 0.0563. The number of nitrogens with zero attached hydrogens (tertiary/aromatic N) is 6. The van der Waals surface area contributed by atoms with E-state index in [1.165, 1.54) is 0 Å². The Balaban J connectivity index is 1.18. The number of carbonyl (C=O) groups is 1. The summed E-state index contributed by atoms with van der Waals surface area (Å²) in [6.45, 7) is 5.35. The van der Waals surface area contributed by atoms with Gasteiger partial charge in [0, 0.05) is 56.1 Å². The first kappa shape index (κ1) is 20.8. The Bertz CT molecular complexity index is 1240. The number of aromatic nitrogens is 4. The van der Waals surface area contributed by atoms with E-state index in [2.05, 4.69) is 30.2 Å². The number of aryl methyl sites for hydroxylation is 1. The number of benzene rings is 2. The van der Waals surface area contributed by atoms with Gasteiger partial charge in [-0.05, 0) is 42.3 Å². The highest BCUT2D eigenvalue weighted by Gasteiger charge is 2.23. The fourth-order valence-corrected chi connectivity index (χ4v) is 3.94. The fraction of sp³-hybridized carbons (Fsp3) is 0.240. The molecule has 0 radical (unpaired) electrons. The van der Waals surface area contributed by atoms with Crippen molar-refractivity contribution in [3.63, 3.8) is 0 Å². The molecule has 1 amide bonds. The lowest BCUT2D eigenvalue weighted by atomic mass is 10.1. The minimum absolute atomic E-state index is 0.0563. The van der Waals surface area contributed by atoms with Crippen molar-refractivity contribution < 1.29 is 4.79 Å². The lowest BCUT2D eigenvalue weighted by Gasteiger charge is -2.34. The molecule has 5 rings (SSSR count). The first-order chi connectivity index (χ1) is 16.2. The second-order valence-corrected chi connectivity index (χ2v) is 8.13. The lowest BCUT2D eigenvalue weighted by molar-refractivity contribution is 0.0746. The van der Waals surface area contributed by atoms with Crippen LogP contribution in [-0.2, 0) is 6.54 Å². The third kappa shape index (κ3) is 4.59. The monoisotopic (exact) mass is 439 g/mol. The van der Waals surface area contributed by atoms with Gasteiger partial charge in [-0.15, -0.1) is 0 Å². The maximum atomic E-state index is 13.0. The van der Waals surface area contributed by atoms with Crippen LogP contribution < -0.4 is 10.2 Å². The third-order valence-electron chi connectivity index (χ3n) is 5.82. The summed E-state index contributed by atoms with van der Waals surface area (Å²) in [6, 6.07) is 15.7. The predicted molar refractivity (Wildman–Crippen MR) is 128 cm³/mol. The van der Waals surface area contributed by atoms with Gasteiger partial charge in [0.15, 0.2) is 0 Å². The zero-order valence-electron chi connectivity index (χ0n) is 18.5. The quantitative estimate of drug-likeness (QED) is 0.510. The second-order valence-electron chi connectivity index (χ2n) is 8.13. The smallest absolute Gasteiger partial charge is 0.253 e. The molecule has 8 nitrogen and oxygen atoms in total. The van der Waals surface area contributed by atoms with Crippen LogP contribution >= 0.6 is 0 Å². The van der Waals surface area contributed by atoms with Gasteiger partial charge in [0.1, 0.15) is 12.1 Å². The molecule has 0 aliphatic carbocycles. The fourth-order valence-electron chi connectivity index (χ4n) is 3.94. The number of amides is 1. The van der Waals surface area contributed by atoms with Crippen LogP contribution in [0, 0.1) is 6.92 Å². The standard InChI is InChI=1S/C25H25N7O/c1-18-14-27-25(28-15-18)32-12-10-31(11-13-32)24(33)20-8-6-19(7-9-20)16-26-23-21-4-2-3-5-22(21)29-17-30-23/h2-9,14-15,17H,10-13,16H2,1H3,(H,26,29,30). The number of hydrogen-bond acceptors (Lipinski definition) is 7. The van der Waals surface area contributed by atoms with E-state index in [4.69, 9.17) is 0 Å². The lowest BCUT2D eigenvalue weighted by Crippen LogP contribution is -2.49. The van der Waals surface area contributed by atoms with Crippen LogP contribution in [0.3, 0.4) is 0 Å². The van der Waals surface area contributed by atoms with E-state index in [-0.39, 0.29) is 5.91 Å². The van der Waals surface area contributed by atoms with Crippen LogP contribution in [0.25, 0.3) is 10.9 Å². The summed E-state index contributed by atoms with van der Waals surface area (Å²) in [5, 5.41) is 4.36. The molecule has 0 unspecified atom stereocenters. The highest BCUT2D eigenvalue weighted by molar-refractivity contribution is 5.94. The summed E-state index contributed by atoms with van der Waals surface area (Å²) in [5.74, 6) is 1.58. The number of para-hydroxylation sites is 1. The highest BCUT2D eigenvalue weighted by Crippen LogP contribution is 2.19. The molecule has 0 spiro atoms. The SMILES string of the molecule is Cc1cnc(N2CCN(C(=O)c3ccc(CNc4ncnc5ccccc45)cc3)CC2)nc1. The first-order valence-corrected chi connectivity index (χ1v) is 11.0. The molecule has 1 aliphatic heterocycles. The molecule has 1 aliphatic rings. The summed E-state index contributed by atoms with van der Waals surface area (Å²) < 4.78 is 0. The molecule has 1 fully saturated rings. The van der Waals surface area contributed by atoms with E-state index < -0.39 is 0 Å². The maximum absolute atomic E-state index is 13.0. The van der Waals surface area contributed by atoms with Crippen molar-refractivity contribution >= 4 is 28.6 Å². The van der Waals surface area contributed by atoms with Crippen molar-refractivity contribution in [1.82, 2.24) is 24.8 Å². The zero-order chi connectivity index (χ0) is 22.6. The number of rotatable bonds is 5. The van der Waals surface area contributed by atoms with Crippen LogP contribution in [-0.4, -0.2) is 56.9 Å². The predicted octanol–water partition coefficient (Wildman–Crippen LogP) is 3.30. The summed E-state index contributed by atoms with van der Waals surface area (Å²) in [7, 11) is 0. The molecule has 2 aromatic carbocycles. The van der Waals surface area contributed by atoms with Crippen molar-refractivity contribution in [2.24, 2.45) is 0 Å². The number of anilines is 2. The maximum Gasteiger partial charge on any atom is 0.253 e. The molecule has 0 atom stereocenters. The van der Waals surface area contributed by atoms with Gasteiger partial charge in [0.05, 0.1) is 5.52 Å². The topological polar surface area (TPSA) is 87.1 Å². The van der Waals surface area contributed by atoms with Crippen LogP contribution in [0.4, 0.5) is 11.8 Å².